The Kier molecular flexibility index (Phi) is 8.77. The third kappa shape index (κ3) is 6.08. The number of nitrogens with one attached hydrogen (secondary N) is 1. The Morgan fingerprint density at radius 2 is 1.18 bits per heavy atom. The van der Waals surface area contributed by atoms with Crippen molar-refractivity contribution in [2.24, 2.45) is 4.99 Å². The summed E-state index contributed by atoms with van der Waals surface area (Å²) in [6.45, 7) is 4.72. The summed E-state index contributed by atoms with van der Waals surface area (Å²) in [7, 11) is 0. The van der Waals surface area contributed by atoms with Crippen LogP contribution in [0.2, 0.25) is 0 Å². The van der Waals surface area contributed by atoms with Crippen molar-refractivity contribution in [3.8, 4) is 33.4 Å². The number of hydrogen-bond donors (Lipinski definition) is 1. The van der Waals surface area contributed by atoms with Crippen molar-refractivity contribution in [2.45, 2.75) is 25.3 Å². The van der Waals surface area contributed by atoms with E-state index in [1.54, 1.807) is 0 Å². The molecule has 66 heavy (non-hydrogen) atoms. The molecule has 4 nitrogen and oxygen atoms in total. The highest BCUT2D eigenvalue weighted by Gasteiger charge is 2.39. The zero-order valence-electron chi connectivity index (χ0n) is 36.5. The van der Waals surface area contributed by atoms with E-state index in [2.05, 4.69) is 224 Å². The molecule has 2 aliphatic rings. The van der Waals surface area contributed by atoms with Gasteiger partial charge >= 0.3 is 0 Å². The number of thiophene rings is 1. The van der Waals surface area contributed by atoms with Gasteiger partial charge in [-0.3, -0.25) is 0 Å². The van der Waals surface area contributed by atoms with Crippen molar-refractivity contribution in [3.05, 3.63) is 239 Å². The molecule has 1 N–H and O–H groups in total. The number of anilines is 3. The molecule has 11 aromatic rings. The molecule has 3 heterocycles. The van der Waals surface area contributed by atoms with Crippen LogP contribution in [-0.4, -0.2) is 5.84 Å². The van der Waals surface area contributed by atoms with Crippen LogP contribution in [0.4, 0.5) is 22.7 Å². The van der Waals surface area contributed by atoms with E-state index in [9.17, 15) is 0 Å². The summed E-state index contributed by atoms with van der Waals surface area (Å²) < 4.78 is 7.71. The third-order valence-corrected chi connectivity index (χ3v) is 15.0. The maximum absolute atomic E-state index is 6.47. The largest absolute Gasteiger partial charge is 0.455 e. The molecule has 0 saturated heterocycles. The van der Waals surface area contributed by atoms with Gasteiger partial charge in [-0.2, -0.15) is 0 Å². The van der Waals surface area contributed by atoms with Crippen LogP contribution in [0.25, 0.3) is 65.4 Å². The minimum absolute atomic E-state index is 0.0577. The Morgan fingerprint density at radius 1 is 0.530 bits per heavy atom. The Bertz CT molecular complexity index is 3700. The van der Waals surface area contributed by atoms with Crippen molar-refractivity contribution in [3.63, 3.8) is 0 Å². The van der Waals surface area contributed by atoms with E-state index in [4.69, 9.17) is 9.41 Å². The van der Waals surface area contributed by atoms with Crippen LogP contribution in [-0.2, 0) is 5.41 Å². The van der Waals surface area contributed by atoms with E-state index in [1.165, 1.54) is 53.9 Å². The fraction of sp³-hybridized carbons (Fsp3) is 0.0656. The van der Waals surface area contributed by atoms with Crippen LogP contribution in [0.15, 0.2) is 222 Å². The quantitative estimate of drug-likeness (QED) is 0.173. The number of amidine groups is 1. The van der Waals surface area contributed by atoms with Crippen LogP contribution in [0, 0.1) is 0 Å². The molecule has 0 bridgehead atoms. The summed E-state index contributed by atoms with van der Waals surface area (Å²) >= 11 is 1.83. The molecule has 1 unspecified atom stereocenters. The Balaban J connectivity index is 0.926. The lowest BCUT2D eigenvalue weighted by molar-refractivity contribution is 0.660. The minimum atomic E-state index is -0.224. The highest BCUT2D eigenvalue weighted by atomic mass is 32.1. The molecule has 314 valence electrons. The van der Waals surface area contributed by atoms with Crippen molar-refractivity contribution < 1.29 is 4.42 Å². The molecule has 5 heteroatoms. The first kappa shape index (κ1) is 38.5. The monoisotopic (exact) mass is 865 g/mol. The van der Waals surface area contributed by atoms with Crippen LogP contribution < -0.4 is 10.2 Å². The topological polar surface area (TPSA) is 40.8 Å². The molecule has 0 radical (unpaired) electrons. The van der Waals surface area contributed by atoms with E-state index < -0.39 is 0 Å². The van der Waals surface area contributed by atoms with Crippen LogP contribution in [0.5, 0.6) is 0 Å². The Morgan fingerprint density at radius 3 is 2.00 bits per heavy atom. The third-order valence-electron chi connectivity index (χ3n) is 13.8. The fourth-order valence-electron chi connectivity index (χ4n) is 10.5. The lowest BCUT2D eigenvalue weighted by Gasteiger charge is -2.29. The predicted octanol–water partition coefficient (Wildman–Crippen LogP) is 16.7. The van der Waals surface area contributed by atoms with E-state index in [1.807, 2.05) is 23.5 Å². The number of rotatable bonds is 7. The lowest BCUT2D eigenvalue weighted by atomic mass is 9.82. The number of fused-ring (bicyclic) bond motifs is 9. The fourth-order valence-corrected chi connectivity index (χ4v) is 11.7. The van der Waals surface area contributed by atoms with Crippen LogP contribution in [0.1, 0.15) is 47.0 Å². The molecule has 1 aliphatic carbocycles. The molecule has 0 fully saturated rings. The smallest absolute Gasteiger partial charge is 0.143 e. The number of aliphatic imine (C=N–C) groups is 1. The maximum Gasteiger partial charge on any atom is 0.143 e. The molecule has 0 amide bonds. The van der Waals surface area contributed by atoms with Gasteiger partial charge in [0.25, 0.3) is 0 Å². The highest BCUT2D eigenvalue weighted by molar-refractivity contribution is 7.19. The molecule has 2 aromatic heterocycles. The van der Waals surface area contributed by atoms with E-state index in [-0.39, 0.29) is 11.5 Å². The van der Waals surface area contributed by atoms with Gasteiger partial charge in [0, 0.05) is 54.3 Å². The first-order valence-corrected chi connectivity index (χ1v) is 23.5. The van der Waals surface area contributed by atoms with Gasteiger partial charge in [0.2, 0.25) is 0 Å². The van der Waals surface area contributed by atoms with Gasteiger partial charge in [-0.1, -0.05) is 178 Å². The molecular weight excluding hydrogens is 823 g/mol. The summed E-state index contributed by atoms with van der Waals surface area (Å²) in [5.41, 5.74) is 17.9. The summed E-state index contributed by atoms with van der Waals surface area (Å²) in [5.74, 6) is 0.879. The summed E-state index contributed by atoms with van der Waals surface area (Å²) in [6.07, 6.45) is 0. The van der Waals surface area contributed by atoms with Crippen LogP contribution >= 0.6 is 11.3 Å². The van der Waals surface area contributed by atoms with Gasteiger partial charge in [0.1, 0.15) is 17.0 Å². The van der Waals surface area contributed by atoms with Crippen LogP contribution in [0.3, 0.4) is 0 Å². The zero-order chi connectivity index (χ0) is 43.9. The molecule has 0 saturated carbocycles. The number of benzene rings is 9. The first-order chi connectivity index (χ1) is 32.5. The maximum atomic E-state index is 6.47. The second-order valence-corrected chi connectivity index (χ2v) is 19.0. The molecular formula is C61H43N3OS. The van der Waals surface area contributed by atoms with Gasteiger partial charge in [0.15, 0.2) is 0 Å². The first-order valence-electron chi connectivity index (χ1n) is 22.6. The zero-order valence-corrected chi connectivity index (χ0v) is 37.3. The lowest BCUT2D eigenvalue weighted by Crippen LogP contribution is -2.32. The predicted molar refractivity (Wildman–Crippen MR) is 276 cm³/mol. The highest BCUT2D eigenvalue weighted by Crippen LogP contribution is 2.55. The van der Waals surface area contributed by atoms with Gasteiger partial charge in [0.05, 0.1) is 22.3 Å². The van der Waals surface area contributed by atoms with Crippen molar-refractivity contribution in [1.29, 1.82) is 0 Å². The van der Waals surface area contributed by atoms with E-state index in [0.717, 1.165) is 67.2 Å². The number of hydrogen-bond acceptors (Lipinski definition) is 5. The van der Waals surface area contributed by atoms with Gasteiger partial charge in [-0.15, -0.1) is 11.3 Å². The number of nitrogens with zero attached hydrogens (tertiary/aromatic N) is 2. The number of furan rings is 1. The second kappa shape index (κ2) is 15.1. The molecule has 13 rings (SSSR count). The summed E-state index contributed by atoms with van der Waals surface area (Å²) in [5, 5.41) is 7.42. The van der Waals surface area contributed by atoms with Gasteiger partial charge in [-0.25, -0.2) is 4.99 Å². The Labute approximate surface area is 387 Å². The van der Waals surface area contributed by atoms with Crippen molar-refractivity contribution >= 4 is 71.9 Å². The molecule has 1 atom stereocenters. The second-order valence-electron chi connectivity index (χ2n) is 17.9. The average molecular weight is 866 g/mol. The van der Waals surface area contributed by atoms with Crippen molar-refractivity contribution in [2.75, 3.05) is 4.90 Å². The molecule has 9 aromatic carbocycles. The summed E-state index contributed by atoms with van der Waals surface area (Å²) in [4.78, 5) is 9.13. The van der Waals surface area contributed by atoms with Gasteiger partial charge in [-0.05, 0) is 87.5 Å². The average Bonchev–Trinajstić information content (AvgIpc) is 4.02. The molecule has 0 spiro atoms. The van der Waals surface area contributed by atoms with Gasteiger partial charge < -0.3 is 14.6 Å². The number of para-hydroxylation sites is 3. The minimum Gasteiger partial charge on any atom is -0.455 e. The Hall–Kier alpha value is -7.99. The summed E-state index contributed by atoms with van der Waals surface area (Å²) in [6, 6.07) is 76.5. The van der Waals surface area contributed by atoms with E-state index in [0.29, 0.717) is 0 Å². The normalized spacial score (nSPS) is 14.7. The van der Waals surface area contributed by atoms with E-state index >= 15 is 0 Å². The molecule has 1 aliphatic heterocycles. The SMILES string of the molecule is CC1(C)c2ccc(C3=Nc4c(sc5ccccc45)C(c4ccc(-c5ccccc5)cc4)N3)cc2-c2c(N(c3ccccc3)c3ccc(-c4cccc5c4oc4ccccc45)cc3)cccc21. The standard InChI is InChI=1S/C61H43N3OS/c1-61(2)50-36-33-42(60-62-56(59-57(63-60)48-20-10-12-26-54(48)66-59)41-29-27-39(28-30-41)38-15-5-3-6-16-38)37-49(50)55-51(61)23-14-24-52(55)64(43-17-7-4-8-18-43)44-34-31-40(32-35-44)45-21-13-22-47-46-19-9-11-25-53(46)65-58(45)47/h3-37,56H,1-2H3,(H,62,63). The van der Waals surface area contributed by atoms with Crippen molar-refractivity contribution in [1.82, 2.24) is 5.32 Å².